The third kappa shape index (κ3) is 7.79. The van der Waals surface area contributed by atoms with Gasteiger partial charge in [-0.25, -0.2) is 0 Å². The fourth-order valence-electron chi connectivity index (χ4n) is 5.97. The highest BCUT2D eigenvalue weighted by Gasteiger charge is 2.37. The number of rotatable bonds is 12. The molecule has 0 spiro atoms. The molecule has 46 heavy (non-hydrogen) atoms. The van der Waals surface area contributed by atoms with Crippen molar-refractivity contribution in [1.82, 2.24) is 9.88 Å². The molecule has 1 aliphatic carbocycles. The highest BCUT2D eigenvalue weighted by atomic mass is 16.5. The van der Waals surface area contributed by atoms with E-state index in [1.165, 1.54) is 0 Å². The van der Waals surface area contributed by atoms with Crippen LogP contribution in [0, 0.1) is 5.92 Å². The highest BCUT2D eigenvalue weighted by molar-refractivity contribution is 5.96. The Morgan fingerprint density at radius 2 is 1.67 bits per heavy atom. The second-order valence-corrected chi connectivity index (χ2v) is 11.9. The maximum atomic E-state index is 13.6. The van der Waals surface area contributed by atoms with Gasteiger partial charge in [-0.15, -0.1) is 0 Å². The van der Waals surface area contributed by atoms with Crippen molar-refractivity contribution in [1.29, 1.82) is 0 Å². The minimum Gasteiger partial charge on any atom is -0.481 e. The molecule has 2 aliphatic rings. The van der Waals surface area contributed by atoms with Crippen LogP contribution in [0.3, 0.4) is 0 Å². The van der Waals surface area contributed by atoms with Gasteiger partial charge >= 0.3 is 5.97 Å². The average Bonchev–Trinajstić information content (AvgIpc) is 3.93. The fourth-order valence-corrected chi connectivity index (χ4v) is 5.97. The molecule has 1 saturated heterocycles. The molecule has 2 fully saturated rings. The van der Waals surface area contributed by atoms with Crippen LogP contribution in [0.25, 0.3) is 11.1 Å². The largest absolute Gasteiger partial charge is 0.481 e. The van der Waals surface area contributed by atoms with Gasteiger partial charge < -0.3 is 25.0 Å². The molecule has 1 atom stereocenters. The second kappa shape index (κ2) is 14.4. The number of carbonyl (C=O) groups excluding carboxylic acids is 2. The lowest BCUT2D eigenvalue weighted by molar-refractivity contribution is -0.142. The van der Waals surface area contributed by atoms with Crippen molar-refractivity contribution in [3.05, 3.63) is 114 Å². The molecule has 1 saturated carbocycles. The summed E-state index contributed by atoms with van der Waals surface area (Å²) in [5, 5.41) is 12.9. The van der Waals surface area contributed by atoms with Crippen LogP contribution in [0.1, 0.15) is 42.0 Å². The zero-order valence-electron chi connectivity index (χ0n) is 25.7. The molecule has 3 aromatic carbocycles. The van der Waals surface area contributed by atoms with Crippen molar-refractivity contribution in [3.63, 3.8) is 0 Å². The van der Waals surface area contributed by atoms with E-state index in [4.69, 9.17) is 4.74 Å². The number of amides is 2. The number of benzene rings is 3. The van der Waals surface area contributed by atoms with E-state index in [-0.39, 0.29) is 37.1 Å². The number of aliphatic carboxylic acids is 1. The van der Waals surface area contributed by atoms with Gasteiger partial charge in [0.15, 0.2) is 0 Å². The Kier molecular flexibility index (Phi) is 9.69. The predicted octanol–water partition coefficient (Wildman–Crippen LogP) is 5.72. The minimum absolute atomic E-state index is 0.0289. The normalized spacial score (nSPS) is 15.2. The van der Waals surface area contributed by atoms with Gasteiger partial charge in [-0.3, -0.25) is 19.4 Å². The summed E-state index contributed by atoms with van der Waals surface area (Å²) in [6.45, 7) is 2.98. The number of aromatic nitrogens is 1. The average molecular weight is 619 g/mol. The molecule has 0 radical (unpaired) electrons. The van der Waals surface area contributed by atoms with E-state index >= 15 is 0 Å². The minimum atomic E-state index is -0.974. The number of carboxylic acids is 1. The molecule has 0 bridgehead atoms. The molecule has 236 valence electrons. The van der Waals surface area contributed by atoms with Crippen LogP contribution >= 0.6 is 0 Å². The summed E-state index contributed by atoms with van der Waals surface area (Å²) < 4.78 is 5.57. The highest BCUT2D eigenvalue weighted by Crippen LogP contribution is 2.37. The fraction of sp³-hybridized carbons (Fsp3) is 0.297. The monoisotopic (exact) mass is 618 g/mol. The van der Waals surface area contributed by atoms with Crippen molar-refractivity contribution in [2.45, 2.75) is 38.3 Å². The lowest BCUT2D eigenvalue weighted by atomic mass is 9.99. The van der Waals surface area contributed by atoms with Crippen LogP contribution in [0.15, 0.2) is 97.3 Å². The van der Waals surface area contributed by atoms with E-state index in [1.807, 2.05) is 78.9 Å². The van der Waals surface area contributed by atoms with Crippen LogP contribution in [0.4, 0.5) is 11.4 Å². The number of nitrogens with one attached hydrogen (secondary N) is 1. The second-order valence-electron chi connectivity index (χ2n) is 11.9. The Bertz CT molecular complexity index is 1670. The van der Waals surface area contributed by atoms with Gasteiger partial charge in [0.1, 0.15) is 0 Å². The number of hydrogen-bond acceptors (Lipinski definition) is 6. The van der Waals surface area contributed by atoms with Crippen LogP contribution in [0.5, 0.6) is 0 Å². The first kappa shape index (κ1) is 31.0. The molecule has 4 aromatic rings. The first-order valence-corrected chi connectivity index (χ1v) is 15.8. The Hall–Kier alpha value is -5.02. The summed E-state index contributed by atoms with van der Waals surface area (Å²) >= 11 is 0. The Morgan fingerprint density at radius 1 is 0.913 bits per heavy atom. The summed E-state index contributed by atoms with van der Waals surface area (Å²) in [7, 11) is 0. The molecule has 2 amide bonds. The quantitative estimate of drug-likeness (QED) is 0.209. The Balaban J connectivity index is 1.29. The van der Waals surface area contributed by atoms with E-state index in [9.17, 15) is 19.5 Å². The number of ether oxygens (including phenoxy) is 1. The predicted molar refractivity (Wildman–Crippen MR) is 176 cm³/mol. The topological polar surface area (TPSA) is 112 Å². The molecule has 1 aliphatic heterocycles. The Morgan fingerprint density at radius 3 is 2.39 bits per heavy atom. The maximum Gasteiger partial charge on any atom is 0.305 e. The summed E-state index contributed by atoms with van der Waals surface area (Å²) in [6.07, 6.45) is 4.97. The van der Waals surface area contributed by atoms with Crippen molar-refractivity contribution < 1.29 is 24.2 Å². The van der Waals surface area contributed by atoms with Crippen molar-refractivity contribution in [2.75, 3.05) is 36.5 Å². The van der Waals surface area contributed by atoms with Gasteiger partial charge in [-0.1, -0.05) is 60.7 Å². The van der Waals surface area contributed by atoms with E-state index < -0.39 is 12.0 Å². The summed E-state index contributed by atoms with van der Waals surface area (Å²) in [5.74, 6) is -1.18. The van der Waals surface area contributed by atoms with Gasteiger partial charge in [0.2, 0.25) is 11.8 Å². The van der Waals surface area contributed by atoms with Gasteiger partial charge in [0.25, 0.3) is 0 Å². The van der Waals surface area contributed by atoms with E-state index in [2.05, 4.69) is 15.2 Å². The first-order chi connectivity index (χ1) is 22.4. The van der Waals surface area contributed by atoms with Crippen LogP contribution < -0.4 is 10.2 Å². The number of carboxylic acid groups (broad SMARTS) is 1. The van der Waals surface area contributed by atoms with Gasteiger partial charge in [-0.05, 0) is 64.9 Å². The molecule has 9 nitrogen and oxygen atoms in total. The standard InChI is InChI=1S/C37H38N4O5/c42-35(21-26-6-2-1-3-7-26)39-32-22-30(13-14-33(32)40-16-18-46-19-17-40)29-9-4-8-27(20-29)25-41(37(45)28-11-12-28)34(23-36(43)44)31-10-5-15-38-24-31/h1-10,13-15,20,22,24,28,34H,11-12,16-19,21,23,25H2,(H,39,42)(H,43,44). The van der Waals surface area contributed by atoms with Gasteiger partial charge in [0, 0.05) is 37.9 Å². The molecule has 1 aromatic heterocycles. The number of pyridine rings is 1. The van der Waals surface area contributed by atoms with E-state index in [1.54, 1.807) is 23.4 Å². The van der Waals surface area contributed by atoms with Gasteiger partial charge in [-0.2, -0.15) is 0 Å². The third-order valence-corrected chi connectivity index (χ3v) is 8.47. The lowest BCUT2D eigenvalue weighted by Crippen LogP contribution is -2.37. The van der Waals surface area contributed by atoms with Crippen molar-refractivity contribution >= 4 is 29.2 Å². The zero-order valence-corrected chi connectivity index (χ0v) is 25.7. The third-order valence-electron chi connectivity index (χ3n) is 8.47. The molecular weight excluding hydrogens is 580 g/mol. The Labute approximate surface area is 268 Å². The number of anilines is 2. The molecule has 6 rings (SSSR count). The van der Waals surface area contributed by atoms with Crippen LogP contribution in [-0.4, -0.2) is 59.1 Å². The maximum absolute atomic E-state index is 13.6. The van der Waals surface area contributed by atoms with E-state index in [0.29, 0.717) is 18.8 Å². The first-order valence-electron chi connectivity index (χ1n) is 15.8. The summed E-state index contributed by atoms with van der Waals surface area (Å²) in [6, 6.07) is 26.7. The molecule has 2 N–H and O–H groups in total. The van der Waals surface area contributed by atoms with E-state index in [0.717, 1.165) is 59.6 Å². The number of hydrogen-bond donors (Lipinski definition) is 2. The summed E-state index contributed by atoms with van der Waals surface area (Å²) in [5.41, 5.74) is 6.05. The zero-order chi connectivity index (χ0) is 31.9. The van der Waals surface area contributed by atoms with Crippen LogP contribution in [-0.2, 0) is 32.1 Å². The smallest absolute Gasteiger partial charge is 0.305 e. The number of carbonyl (C=O) groups is 3. The SMILES string of the molecule is O=C(O)CC(c1cccnc1)N(Cc1cccc(-c2ccc(N3CCOCC3)c(NC(=O)Cc3ccccc3)c2)c1)C(=O)C1CC1. The van der Waals surface area contributed by atoms with Crippen molar-refractivity contribution in [3.8, 4) is 11.1 Å². The van der Waals surface area contributed by atoms with Crippen molar-refractivity contribution in [2.24, 2.45) is 5.92 Å². The summed E-state index contributed by atoms with van der Waals surface area (Å²) in [4.78, 5) is 46.8. The molecule has 1 unspecified atom stereocenters. The molecule has 9 heteroatoms. The molecular formula is C37H38N4O5. The van der Waals surface area contributed by atoms with Gasteiger partial charge in [0.05, 0.1) is 43.5 Å². The lowest BCUT2D eigenvalue weighted by Gasteiger charge is -2.32. The van der Waals surface area contributed by atoms with Crippen LogP contribution in [0.2, 0.25) is 0 Å². The number of morpholine rings is 1. The number of nitrogens with zero attached hydrogens (tertiary/aromatic N) is 3. The molecule has 2 heterocycles.